The normalized spacial score (nSPS) is 18.3. The average Bonchev–Trinajstić information content (AvgIpc) is 2.92. The third-order valence-corrected chi connectivity index (χ3v) is 2.89. The summed E-state index contributed by atoms with van der Waals surface area (Å²) in [7, 11) is 0. The second kappa shape index (κ2) is 5.88. The summed E-state index contributed by atoms with van der Waals surface area (Å²) in [4.78, 5) is 23.3. The van der Waals surface area contributed by atoms with Crippen LogP contribution in [0.3, 0.4) is 0 Å². The Labute approximate surface area is 108 Å². The van der Waals surface area contributed by atoms with Crippen molar-refractivity contribution in [2.45, 2.75) is 18.9 Å². The van der Waals surface area contributed by atoms with Crippen molar-refractivity contribution >= 4 is 11.7 Å². The minimum atomic E-state index is -1.09. The quantitative estimate of drug-likeness (QED) is 0.841. The highest BCUT2D eigenvalue weighted by atomic mass is 19.2. The number of hydrogen-bond donors (Lipinski definition) is 1. The van der Waals surface area contributed by atoms with E-state index in [2.05, 4.69) is 5.32 Å². The standard InChI is InChI=1S/C13H13F2NO3/c14-9-4-3-8(6-10(9)15)11(17)7-16-13(18)12-2-1-5-19-12/h3-4,6,12H,1-2,5,7H2,(H,16,18). The van der Waals surface area contributed by atoms with Gasteiger partial charge in [-0.1, -0.05) is 0 Å². The lowest BCUT2D eigenvalue weighted by Crippen LogP contribution is -2.37. The van der Waals surface area contributed by atoms with Crippen molar-refractivity contribution < 1.29 is 23.1 Å². The smallest absolute Gasteiger partial charge is 0.249 e. The Morgan fingerprint density at radius 1 is 1.32 bits per heavy atom. The molecule has 1 unspecified atom stereocenters. The van der Waals surface area contributed by atoms with Crippen molar-refractivity contribution in [3.63, 3.8) is 0 Å². The Morgan fingerprint density at radius 3 is 2.74 bits per heavy atom. The topological polar surface area (TPSA) is 55.4 Å². The molecule has 0 aromatic heterocycles. The Morgan fingerprint density at radius 2 is 2.11 bits per heavy atom. The fourth-order valence-corrected chi connectivity index (χ4v) is 1.84. The molecule has 19 heavy (non-hydrogen) atoms. The van der Waals surface area contributed by atoms with E-state index in [0.29, 0.717) is 13.0 Å². The number of carbonyl (C=O) groups is 2. The molecule has 1 atom stereocenters. The summed E-state index contributed by atoms with van der Waals surface area (Å²) < 4.78 is 30.8. The molecule has 1 aliphatic rings. The van der Waals surface area contributed by atoms with E-state index in [9.17, 15) is 18.4 Å². The van der Waals surface area contributed by atoms with E-state index < -0.39 is 23.5 Å². The van der Waals surface area contributed by atoms with Gasteiger partial charge in [-0.25, -0.2) is 8.78 Å². The molecule has 1 amide bonds. The zero-order valence-corrected chi connectivity index (χ0v) is 10.1. The predicted octanol–water partition coefficient (Wildman–Crippen LogP) is 1.44. The number of halogens is 2. The van der Waals surface area contributed by atoms with Gasteiger partial charge in [-0.2, -0.15) is 0 Å². The van der Waals surface area contributed by atoms with E-state index in [-0.39, 0.29) is 18.0 Å². The second-order valence-electron chi connectivity index (χ2n) is 4.27. The van der Waals surface area contributed by atoms with Gasteiger partial charge in [-0.15, -0.1) is 0 Å². The van der Waals surface area contributed by atoms with Gasteiger partial charge in [0.05, 0.1) is 6.54 Å². The molecule has 0 spiro atoms. The Balaban J connectivity index is 1.90. The first-order chi connectivity index (χ1) is 9.08. The maximum absolute atomic E-state index is 12.9. The van der Waals surface area contributed by atoms with Gasteiger partial charge >= 0.3 is 0 Å². The number of benzene rings is 1. The third-order valence-electron chi connectivity index (χ3n) is 2.89. The molecule has 1 fully saturated rings. The van der Waals surface area contributed by atoms with Gasteiger partial charge in [0.2, 0.25) is 5.91 Å². The molecule has 1 heterocycles. The molecule has 0 saturated carbocycles. The summed E-state index contributed by atoms with van der Waals surface area (Å²) in [5, 5.41) is 2.43. The van der Waals surface area contributed by atoms with Crippen LogP contribution in [-0.4, -0.2) is 30.9 Å². The Kier molecular flexibility index (Phi) is 4.21. The van der Waals surface area contributed by atoms with Crippen molar-refractivity contribution in [2.75, 3.05) is 13.2 Å². The first kappa shape index (κ1) is 13.6. The van der Waals surface area contributed by atoms with Gasteiger partial charge in [0.15, 0.2) is 17.4 Å². The largest absolute Gasteiger partial charge is 0.368 e. The molecular weight excluding hydrogens is 256 g/mol. The van der Waals surface area contributed by atoms with Crippen LogP contribution in [0.1, 0.15) is 23.2 Å². The first-order valence-electron chi connectivity index (χ1n) is 5.95. The fourth-order valence-electron chi connectivity index (χ4n) is 1.84. The third kappa shape index (κ3) is 3.35. The first-order valence-corrected chi connectivity index (χ1v) is 5.95. The fraction of sp³-hybridized carbons (Fsp3) is 0.385. The second-order valence-corrected chi connectivity index (χ2v) is 4.27. The van der Waals surface area contributed by atoms with Crippen LogP contribution in [-0.2, 0) is 9.53 Å². The highest BCUT2D eigenvalue weighted by molar-refractivity contribution is 5.99. The van der Waals surface area contributed by atoms with Crippen LogP contribution >= 0.6 is 0 Å². The van der Waals surface area contributed by atoms with Crippen LogP contribution in [0.15, 0.2) is 18.2 Å². The summed E-state index contributed by atoms with van der Waals surface area (Å²) in [5.74, 6) is -2.94. The lowest BCUT2D eigenvalue weighted by Gasteiger charge is -2.09. The van der Waals surface area contributed by atoms with E-state index in [1.807, 2.05) is 0 Å². The van der Waals surface area contributed by atoms with E-state index in [1.165, 1.54) is 6.07 Å². The van der Waals surface area contributed by atoms with Gasteiger partial charge in [0.25, 0.3) is 0 Å². The van der Waals surface area contributed by atoms with Crippen molar-refractivity contribution in [1.82, 2.24) is 5.32 Å². The maximum Gasteiger partial charge on any atom is 0.249 e. The molecule has 6 heteroatoms. The number of rotatable bonds is 4. The summed E-state index contributed by atoms with van der Waals surface area (Å²) in [6.07, 6.45) is 0.929. The average molecular weight is 269 g/mol. The zero-order valence-electron chi connectivity index (χ0n) is 10.1. The molecule has 1 saturated heterocycles. The van der Waals surface area contributed by atoms with Crippen molar-refractivity contribution in [1.29, 1.82) is 0 Å². The van der Waals surface area contributed by atoms with Crippen molar-refractivity contribution in [3.8, 4) is 0 Å². The summed E-state index contributed by atoms with van der Waals surface area (Å²) in [6, 6.07) is 2.87. The highest BCUT2D eigenvalue weighted by Crippen LogP contribution is 2.12. The number of carbonyl (C=O) groups excluding carboxylic acids is 2. The van der Waals surface area contributed by atoms with Gasteiger partial charge < -0.3 is 10.1 Å². The van der Waals surface area contributed by atoms with Crippen molar-refractivity contribution in [3.05, 3.63) is 35.4 Å². The number of ketones is 1. The van der Waals surface area contributed by atoms with Gasteiger partial charge in [0.1, 0.15) is 6.10 Å². The zero-order chi connectivity index (χ0) is 13.8. The number of hydrogen-bond acceptors (Lipinski definition) is 3. The van der Waals surface area contributed by atoms with Crippen LogP contribution in [0.2, 0.25) is 0 Å². The van der Waals surface area contributed by atoms with Crippen LogP contribution in [0, 0.1) is 11.6 Å². The molecule has 102 valence electrons. The summed E-state index contributed by atoms with van der Waals surface area (Å²) in [6.45, 7) is 0.277. The Bertz CT molecular complexity index is 499. The SMILES string of the molecule is O=C(CNC(=O)C1CCCO1)c1ccc(F)c(F)c1. The molecule has 0 radical (unpaired) electrons. The van der Waals surface area contributed by atoms with Gasteiger partial charge in [-0.05, 0) is 31.0 Å². The van der Waals surface area contributed by atoms with E-state index in [0.717, 1.165) is 18.6 Å². The summed E-state index contributed by atoms with van der Waals surface area (Å²) >= 11 is 0. The Hall–Kier alpha value is -1.82. The van der Waals surface area contributed by atoms with Crippen LogP contribution < -0.4 is 5.32 Å². The van der Waals surface area contributed by atoms with Crippen LogP contribution in [0.5, 0.6) is 0 Å². The lowest BCUT2D eigenvalue weighted by molar-refractivity contribution is -0.129. The van der Waals surface area contributed by atoms with Crippen LogP contribution in [0.4, 0.5) is 8.78 Å². The monoisotopic (exact) mass is 269 g/mol. The van der Waals surface area contributed by atoms with E-state index in [1.54, 1.807) is 0 Å². The molecule has 0 aliphatic carbocycles. The molecule has 4 nitrogen and oxygen atoms in total. The van der Waals surface area contributed by atoms with Gasteiger partial charge in [-0.3, -0.25) is 9.59 Å². The predicted molar refractivity (Wildman–Crippen MR) is 62.7 cm³/mol. The maximum atomic E-state index is 12.9. The van der Waals surface area contributed by atoms with E-state index in [4.69, 9.17) is 4.74 Å². The molecule has 2 rings (SSSR count). The minimum Gasteiger partial charge on any atom is -0.368 e. The molecule has 1 aliphatic heterocycles. The number of amides is 1. The van der Waals surface area contributed by atoms with Crippen LogP contribution in [0.25, 0.3) is 0 Å². The molecule has 1 aromatic rings. The molecule has 0 bridgehead atoms. The lowest BCUT2D eigenvalue weighted by atomic mass is 10.1. The highest BCUT2D eigenvalue weighted by Gasteiger charge is 2.23. The molecule has 1 N–H and O–H groups in total. The number of nitrogens with one attached hydrogen (secondary N) is 1. The van der Waals surface area contributed by atoms with Gasteiger partial charge in [0, 0.05) is 12.2 Å². The minimum absolute atomic E-state index is 0.0199. The number of ether oxygens (including phenoxy) is 1. The van der Waals surface area contributed by atoms with Crippen molar-refractivity contribution in [2.24, 2.45) is 0 Å². The molecule has 1 aromatic carbocycles. The number of Topliss-reactive ketones (excluding diaryl/α,β-unsaturated/α-hetero) is 1. The molecular formula is C13H13F2NO3. The summed E-state index contributed by atoms with van der Waals surface area (Å²) in [5.41, 5.74) is 0.0199. The van der Waals surface area contributed by atoms with E-state index >= 15 is 0 Å².